The quantitative estimate of drug-likeness (QED) is 0.812. The SMILES string of the molecule is CCCNC(=O)COc1ccc([C@@H](C)O)cc1C. The van der Waals surface area contributed by atoms with Gasteiger partial charge in [0.2, 0.25) is 0 Å². The van der Waals surface area contributed by atoms with Gasteiger partial charge in [0.15, 0.2) is 6.61 Å². The van der Waals surface area contributed by atoms with Gasteiger partial charge in [0.25, 0.3) is 5.91 Å². The van der Waals surface area contributed by atoms with Crippen LogP contribution >= 0.6 is 0 Å². The third-order valence-electron chi connectivity index (χ3n) is 2.61. The lowest BCUT2D eigenvalue weighted by atomic mass is 10.1. The Morgan fingerprint density at radius 2 is 2.22 bits per heavy atom. The van der Waals surface area contributed by atoms with Crippen molar-refractivity contribution in [2.24, 2.45) is 0 Å². The molecular weight excluding hydrogens is 230 g/mol. The number of hydrogen-bond donors (Lipinski definition) is 2. The molecule has 0 heterocycles. The number of ether oxygens (including phenoxy) is 1. The first-order valence-electron chi connectivity index (χ1n) is 6.22. The molecule has 0 spiro atoms. The maximum Gasteiger partial charge on any atom is 0.257 e. The Labute approximate surface area is 108 Å². The largest absolute Gasteiger partial charge is 0.484 e. The summed E-state index contributed by atoms with van der Waals surface area (Å²) < 4.78 is 5.44. The van der Waals surface area contributed by atoms with Crippen LogP contribution in [-0.4, -0.2) is 24.2 Å². The molecule has 4 heteroatoms. The van der Waals surface area contributed by atoms with Gasteiger partial charge in [0.1, 0.15) is 5.75 Å². The third-order valence-corrected chi connectivity index (χ3v) is 2.61. The van der Waals surface area contributed by atoms with E-state index in [0.717, 1.165) is 17.5 Å². The molecular formula is C14H21NO3. The number of amides is 1. The van der Waals surface area contributed by atoms with Crippen molar-refractivity contribution in [3.8, 4) is 5.75 Å². The van der Waals surface area contributed by atoms with Gasteiger partial charge in [-0.25, -0.2) is 0 Å². The second-order valence-electron chi connectivity index (χ2n) is 4.34. The fourth-order valence-electron chi connectivity index (χ4n) is 1.55. The summed E-state index contributed by atoms with van der Waals surface area (Å²) in [6.07, 6.45) is 0.416. The van der Waals surface area contributed by atoms with E-state index in [1.807, 2.05) is 19.9 Å². The Balaban J connectivity index is 2.55. The minimum Gasteiger partial charge on any atom is -0.484 e. The van der Waals surface area contributed by atoms with Crippen LogP contribution in [0.1, 0.15) is 37.5 Å². The Bertz CT molecular complexity index is 402. The number of nitrogens with one attached hydrogen (secondary N) is 1. The molecule has 4 nitrogen and oxygen atoms in total. The maximum atomic E-state index is 11.4. The molecule has 0 aromatic heterocycles. The van der Waals surface area contributed by atoms with Gasteiger partial charge in [-0.1, -0.05) is 13.0 Å². The molecule has 1 rings (SSSR count). The van der Waals surface area contributed by atoms with E-state index < -0.39 is 6.10 Å². The van der Waals surface area contributed by atoms with Gasteiger partial charge in [0.05, 0.1) is 6.10 Å². The topological polar surface area (TPSA) is 58.6 Å². The zero-order valence-corrected chi connectivity index (χ0v) is 11.2. The van der Waals surface area contributed by atoms with Crippen LogP contribution in [0, 0.1) is 6.92 Å². The minimum absolute atomic E-state index is 0.0227. The van der Waals surface area contributed by atoms with Crippen LogP contribution in [0.5, 0.6) is 5.75 Å². The molecule has 18 heavy (non-hydrogen) atoms. The number of carbonyl (C=O) groups excluding carboxylic acids is 1. The molecule has 0 saturated heterocycles. The van der Waals surface area contributed by atoms with E-state index in [1.165, 1.54) is 0 Å². The van der Waals surface area contributed by atoms with Gasteiger partial charge < -0.3 is 15.2 Å². The second-order valence-corrected chi connectivity index (χ2v) is 4.34. The summed E-state index contributed by atoms with van der Waals surface area (Å²) in [5.41, 5.74) is 1.76. The molecule has 0 fully saturated rings. The first-order chi connectivity index (χ1) is 8.54. The molecule has 1 amide bonds. The summed E-state index contributed by atoms with van der Waals surface area (Å²) in [5, 5.41) is 12.2. The molecule has 100 valence electrons. The molecule has 0 bridgehead atoms. The number of rotatable bonds is 6. The summed E-state index contributed by atoms with van der Waals surface area (Å²) in [4.78, 5) is 11.4. The number of hydrogen-bond acceptors (Lipinski definition) is 3. The summed E-state index contributed by atoms with van der Waals surface area (Å²) in [7, 11) is 0. The maximum absolute atomic E-state index is 11.4. The van der Waals surface area contributed by atoms with Crippen molar-refractivity contribution in [3.63, 3.8) is 0 Å². The molecule has 0 aliphatic heterocycles. The van der Waals surface area contributed by atoms with Crippen LogP contribution < -0.4 is 10.1 Å². The Hall–Kier alpha value is -1.55. The lowest BCUT2D eigenvalue weighted by molar-refractivity contribution is -0.123. The highest BCUT2D eigenvalue weighted by Gasteiger charge is 2.07. The van der Waals surface area contributed by atoms with Crippen molar-refractivity contribution < 1.29 is 14.6 Å². The summed E-state index contributed by atoms with van der Waals surface area (Å²) in [6.45, 7) is 6.30. The number of aliphatic hydroxyl groups is 1. The van der Waals surface area contributed by atoms with Crippen LogP contribution in [0.25, 0.3) is 0 Å². The molecule has 1 aromatic rings. The zero-order chi connectivity index (χ0) is 13.5. The molecule has 1 atom stereocenters. The molecule has 0 saturated carbocycles. The average Bonchev–Trinajstić information content (AvgIpc) is 2.34. The van der Waals surface area contributed by atoms with E-state index in [1.54, 1.807) is 19.1 Å². The van der Waals surface area contributed by atoms with E-state index in [-0.39, 0.29) is 12.5 Å². The van der Waals surface area contributed by atoms with Crippen LogP contribution in [0.2, 0.25) is 0 Å². The third kappa shape index (κ3) is 4.37. The molecule has 1 aromatic carbocycles. The highest BCUT2D eigenvalue weighted by molar-refractivity contribution is 5.77. The molecule has 2 N–H and O–H groups in total. The van der Waals surface area contributed by atoms with Crippen molar-refractivity contribution in [1.82, 2.24) is 5.32 Å². The predicted molar refractivity (Wildman–Crippen MR) is 70.6 cm³/mol. The standard InChI is InChI=1S/C14H21NO3/c1-4-7-15-14(17)9-18-13-6-5-12(11(3)16)8-10(13)2/h5-6,8,11,16H,4,7,9H2,1-3H3,(H,15,17)/t11-/m1/s1. The molecule has 0 unspecified atom stereocenters. The Kier molecular flexibility index (Phi) is 5.65. The Morgan fingerprint density at radius 1 is 1.50 bits per heavy atom. The van der Waals surface area contributed by atoms with Crippen molar-refractivity contribution in [2.75, 3.05) is 13.2 Å². The second kappa shape index (κ2) is 7.01. The van der Waals surface area contributed by atoms with Gasteiger partial charge in [-0.2, -0.15) is 0 Å². The predicted octanol–water partition coefficient (Wildman–Crippen LogP) is 1.95. The van der Waals surface area contributed by atoms with E-state index in [2.05, 4.69) is 5.32 Å². The van der Waals surface area contributed by atoms with Crippen LogP contribution in [-0.2, 0) is 4.79 Å². The Morgan fingerprint density at radius 3 is 2.78 bits per heavy atom. The molecule has 0 aliphatic carbocycles. The normalized spacial score (nSPS) is 12.0. The van der Waals surface area contributed by atoms with Crippen molar-refractivity contribution in [3.05, 3.63) is 29.3 Å². The number of benzene rings is 1. The highest BCUT2D eigenvalue weighted by Crippen LogP contribution is 2.22. The van der Waals surface area contributed by atoms with E-state index >= 15 is 0 Å². The first-order valence-corrected chi connectivity index (χ1v) is 6.22. The number of carbonyl (C=O) groups is 1. The van der Waals surface area contributed by atoms with Crippen molar-refractivity contribution in [1.29, 1.82) is 0 Å². The van der Waals surface area contributed by atoms with Gasteiger partial charge in [-0.15, -0.1) is 0 Å². The van der Waals surface area contributed by atoms with E-state index in [9.17, 15) is 9.90 Å². The lowest BCUT2D eigenvalue weighted by Crippen LogP contribution is -2.29. The fourth-order valence-corrected chi connectivity index (χ4v) is 1.55. The summed E-state index contributed by atoms with van der Waals surface area (Å²) in [6, 6.07) is 5.45. The molecule has 0 radical (unpaired) electrons. The summed E-state index contributed by atoms with van der Waals surface area (Å²) in [5.74, 6) is 0.557. The van der Waals surface area contributed by atoms with E-state index in [0.29, 0.717) is 12.3 Å². The van der Waals surface area contributed by atoms with Crippen LogP contribution in [0.15, 0.2) is 18.2 Å². The highest BCUT2D eigenvalue weighted by atomic mass is 16.5. The van der Waals surface area contributed by atoms with Crippen LogP contribution in [0.4, 0.5) is 0 Å². The number of aryl methyl sites for hydroxylation is 1. The fraction of sp³-hybridized carbons (Fsp3) is 0.500. The van der Waals surface area contributed by atoms with Gasteiger partial charge in [-0.05, 0) is 43.5 Å². The number of aliphatic hydroxyl groups excluding tert-OH is 1. The molecule has 0 aliphatic rings. The smallest absolute Gasteiger partial charge is 0.257 e. The lowest BCUT2D eigenvalue weighted by Gasteiger charge is -2.11. The minimum atomic E-state index is -0.495. The first kappa shape index (κ1) is 14.5. The average molecular weight is 251 g/mol. The van der Waals surface area contributed by atoms with Crippen molar-refractivity contribution >= 4 is 5.91 Å². The van der Waals surface area contributed by atoms with Crippen molar-refractivity contribution in [2.45, 2.75) is 33.3 Å². The van der Waals surface area contributed by atoms with Gasteiger partial charge in [-0.3, -0.25) is 4.79 Å². The van der Waals surface area contributed by atoms with Gasteiger partial charge >= 0.3 is 0 Å². The van der Waals surface area contributed by atoms with Gasteiger partial charge in [0, 0.05) is 6.54 Å². The van der Waals surface area contributed by atoms with E-state index in [4.69, 9.17) is 4.74 Å². The summed E-state index contributed by atoms with van der Waals surface area (Å²) >= 11 is 0. The zero-order valence-electron chi connectivity index (χ0n) is 11.2. The van der Waals surface area contributed by atoms with Crippen LogP contribution in [0.3, 0.4) is 0 Å². The monoisotopic (exact) mass is 251 g/mol.